The first-order valence-corrected chi connectivity index (χ1v) is 12.8. The molecule has 4 rings (SSSR count). The van der Waals surface area contributed by atoms with Crippen LogP contribution in [0.4, 0.5) is 0 Å². The molecule has 0 spiro atoms. The van der Waals surface area contributed by atoms with E-state index in [0.717, 1.165) is 6.16 Å². The van der Waals surface area contributed by atoms with Crippen molar-refractivity contribution in [3.8, 4) is 0 Å². The Kier molecular flexibility index (Phi) is 4.53. The maximum absolute atomic E-state index is 7.41. The molecule has 0 aromatic heterocycles. The average molecular weight is 369 g/mol. The SMILES string of the molecule is CCP1(c2ccccc2)(c2ccccc2)O[C@@](C)(C2CCCCC2)[C@H]1C. The Hall–Kier alpha value is -1.17. The van der Waals surface area contributed by atoms with Crippen molar-refractivity contribution in [2.45, 2.75) is 64.1 Å². The van der Waals surface area contributed by atoms with Crippen LogP contribution in [-0.4, -0.2) is 17.4 Å². The minimum absolute atomic E-state index is 0.0138. The van der Waals surface area contributed by atoms with Crippen LogP contribution in [0.5, 0.6) is 0 Å². The van der Waals surface area contributed by atoms with E-state index in [2.05, 4.69) is 81.4 Å². The van der Waals surface area contributed by atoms with Gasteiger partial charge in [-0.15, -0.1) is 0 Å². The molecule has 1 aliphatic carbocycles. The molecule has 0 N–H and O–H groups in total. The van der Waals surface area contributed by atoms with Gasteiger partial charge < -0.3 is 0 Å². The summed E-state index contributed by atoms with van der Waals surface area (Å²) in [7, 11) is 0. The summed E-state index contributed by atoms with van der Waals surface area (Å²) >= 11 is 0. The van der Waals surface area contributed by atoms with Crippen LogP contribution in [0, 0.1) is 5.92 Å². The van der Waals surface area contributed by atoms with E-state index in [0.29, 0.717) is 11.6 Å². The molecular weight excluding hydrogens is 335 g/mol. The summed E-state index contributed by atoms with van der Waals surface area (Å²) in [5.74, 6) is 0.709. The van der Waals surface area contributed by atoms with Gasteiger partial charge >= 0.3 is 159 Å². The van der Waals surface area contributed by atoms with Gasteiger partial charge in [-0.05, 0) is 0 Å². The normalized spacial score (nSPS) is 32.1. The molecule has 26 heavy (non-hydrogen) atoms. The summed E-state index contributed by atoms with van der Waals surface area (Å²) in [5, 5.41) is 2.88. The molecule has 2 fully saturated rings. The van der Waals surface area contributed by atoms with Gasteiger partial charge in [0.05, 0.1) is 0 Å². The monoisotopic (exact) mass is 368 g/mol. The number of hydrogen-bond donors (Lipinski definition) is 0. The van der Waals surface area contributed by atoms with Crippen molar-refractivity contribution in [2.24, 2.45) is 5.92 Å². The van der Waals surface area contributed by atoms with Crippen LogP contribution in [0.3, 0.4) is 0 Å². The van der Waals surface area contributed by atoms with E-state index in [-0.39, 0.29) is 5.60 Å². The molecule has 1 aliphatic heterocycles. The van der Waals surface area contributed by atoms with E-state index in [1.54, 1.807) is 0 Å². The fourth-order valence-corrected chi connectivity index (χ4v) is 13.1. The van der Waals surface area contributed by atoms with E-state index in [1.165, 1.54) is 42.7 Å². The Labute approximate surface area is 159 Å². The molecule has 0 amide bonds. The fourth-order valence-electron chi connectivity index (χ4n) is 6.10. The van der Waals surface area contributed by atoms with Gasteiger partial charge in [0.15, 0.2) is 0 Å². The van der Waals surface area contributed by atoms with Crippen molar-refractivity contribution < 1.29 is 4.52 Å². The Morgan fingerprint density at radius 1 is 0.885 bits per heavy atom. The molecular formula is C24H33OP. The second-order valence-electron chi connectivity index (χ2n) is 8.56. The number of rotatable bonds is 4. The van der Waals surface area contributed by atoms with E-state index >= 15 is 0 Å². The van der Waals surface area contributed by atoms with Crippen LogP contribution in [0.25, 0.3) is 0 Å². The summed E-state index contributed by atoms with van der Waals surface area (Å²) < 4.78 is 7.41. The van der Waals surface area contributed by atoms with Crippen LogP contribution in [0.2, 0.25) is 0 Å². The van der Waals surface area contributed by atoms with Gasteiger partial charge in [-0.1, -0.05) is 0 Å². The topological polar surface area (TPSA) is 9.23 Å². The molecule has 140 valence electrons. The van der Waals surface area contributed by atoms with Gasteiger partial charge in [0.25, 0.3) is 0 Å². The van der Waals surface area contributed by atoms with E-state index in [1.807, 2.05) is 0 Å². The standard InChI is InChI=1S/C24H33OP/c1-4-26(22-16-10-6-11-17-22,23-18-12-7-13-19-23)20(2)24(3,25-26)21-14-8-5-9-15-21/h6-7,10-13,16-21H,4-5,8-9,14-15H2,1-3H3/t20-,24-/m1/s1. The predicted molar refractivity (Wildman–Crippen MR) is 115 cm³/mol. The van der Waals surface area contributed by atoms with Crippen LogP contribution >= 0.6 is 6.83 Å². The Balaban J connectivity index is 1.87. The Bertz CT molecular complexity index is 711. The van der Waals surface area contributed by atoms with E-state index < -0.39 is 6.83 Å². The van der Waals surface area contributed by atoms with Crippen LogP contribution in [0.15, 0.2) is 60.7 Å². The Morgan fingerprint density at radius 3 is 1.81 bits per heavy atom. The molecule has 2 heteroatoms. The van der Waals surface area contributed by atoms with Gasteiger partial charge in [0.2, 0.25) is 0 Å². The molecule has 2 atom stereocenters. The molecule has 2 aromatic carbocycles. The van der Waals surface area contributed by atoms with Crippen LogP contribution in [0.1, 0.15) is 52.9 Å². The van der Waals surface area contributed by atoms with Gasteiger partial charge in [-0.25, -0.2) is 0 Å². The van der Waals surface area contributed by atoms with Crippen molar-refractivity contribution in [1.29, 1.82) is 0 Å². The zero-order chi connectivity index (χ0) is 18.3. The molecule has 0 unspecified atom stereocenters. The summed E-state index contributed by atoms with van der Waals surface area (Å²) in [6.45, 7) is 4.63. The molecule has 2 aliphatic rings. The summed E-state index contributed by atoms with van der Waals surface area (Å²) in [5.41, 5.74) is 0.575. The first-order valence-electron chi connectivity index (χ1n) is 10.4. The van der Waals surface area contributed by atoms with Gasteiger partial charge in [0, 0.05) is 0 Å². The number of hydrogen-bond acceptors (Lipinski definition) is 1. The maximum atomic E-state index is 7.41. The first kappa shape index (κ1) is 18.2. The van der Waals surface area contributed by atoms with Crippen molar-refractivity contribution in [1.82, 2.24) is 0 Å². The third-order valence-electron chi connectivity index (χ3n) is 7.74. The molecule has 2 aromatic rings. The molecule has 0 bridgehead atoms. The quantitative estimate of drug-likeness (QED) is 0.612. The zero-order valence-electron chi connectivity index (χ0n) is 16.5. The van der Waals surface area contributed by atoms with Gasteiger partial charge in [-0.3, -0.25) is 0 Å². The average Bonchev–Trinajstić information content (AvgIpc) is 2.73. The van der Waals surface area contributed by atoms with Crippen molar-refractivity contribution in [2.75, 3.05) is 6.16 Å². The number of benzene rings is 2. The summed E-state index contributed by atoms with van der Waals surface area (Å²) in [4.78, 5) is 0. The molecule has 1 saturated heterocycles. The first-order chi connectivity index (χ1) is 12.6. The van der Waals surface area contributed by atoms with E-state index in [9.17, 15) is 0 Å². The third kappa shape index (κ3) is 2.23. The van der Waals surface area contributed by atoms with Gasteiger partial charge in [0.1, 0.15) is 0 Å². The van der Waals surface area contributed by atoms with Crippen LogP contribution in [-0.2, 0) is 4.52 Å². The van der Waals surface area contributed by atoms with Crippen LogP contribution < -0.4 is 10.6 Å². The molecule has 1 nitrogen and oxygen atoms in total. The molecule has 1 heterocycles. The molecule has 0 radical (unpaired) electrons. The second-order valence-corrected chi connectivity index (χ2v) is 13.8. The van der Waals surface area contributed by atoms with Crippen molar-refractivity contribution in [3.05, 3.63) is 60.7 Å². The minimum atomic E-state index is -2.65. The summed E-state index contributed by atoms with van der Waals surface area (Å²) in [6, 6.07) is 22.3. The predicted octanol–water partition coefficient (Wildman–Crippen LogP) is 5.88. The van der Waals surface area contributed by atoms with E-state index in [4.69, 9.17) is 4.52 Å². The third-order valence-corrected chi connectivity index (χ3v) is 14.8. The van der Waals surface area contributed by atoms with Crippen molar-refractivity contribution in [3.63, 3.8) is 0 Å². The van der Waals surface area contributed by atoms with Gasteiger partial charge in [-0.2, -0.15) is 0 Å². The zero-order valence-corrected chi connectivity index (χ0v) is 17.4. The fraction of sp³-hybridized carbons (Fsp3) is 0.500. The molecule has 1 saturated carbocycles. The summed E-state index contributed by atoms with van der Waals surface area (Å²) in [6.07, 6.45) is 7.89. The van der Waals surface area contributed by atoms with Crippen molar-refractivity contribution >= 4 is 17.4 Å². The second kappa shape index (κ2) is 6.47. The Morgan fingerprint density at radius 2 is 1.38 bits per heavy atom.